The Morgan fingerprint density at radius 3 is 2.46 bits per heavy atom. The van der Waals surface area contributed by atoms with Crippen molar-refractivity contribution in [2.45, 2.75) is 4.90 Å². The average Bonchev–Trinajstić information content (AvgIpc) is 2.93. The zero-order valence-electron chi connectivity index (χ0n) is 13.8. The maximum Gasteiger partial charge on any atom is 0.339 e. The van der Waals surface area contributed by atoms with Gasteiger partial charge in [-0.1, -0.05) is 42.5 Å². The van der Waals surface area contributed by atoms with Gasteiger partial charge in [-0.05, 0) is 40.9 Å². The molecule has 0 atom stereocenters. The van der Waals surface area contributed by atoms with Crippen molar-refractivity contribution in [3.05, 3.63) is 77.4 Å². The van der Waals surface area contributed by atoms with Gasteiger partial charge in [-0.15, -0.1) is 0 Å². The van der Waals surface area contributed by atoms with Gasteiger partial charge in [-0.3, -0.25) is 9.59 Å². The van der Waals surface area contributed by atoms with E-state index in [1.165, 1.54) is 7.11 Å². The summed E-state index contributed by atoms with van der Waals surface area (Å²) in [6.45, 7) is 0. The first-order valence-corrected chi connectivity index (χ1v) is 8.65. The molecule has 3 aromatic carbocycles. The number of benzene rings is 3. The van der Waals surface area contributed by atoms with Crippen LogP contribution in [-0.2, 0) is 4.74 Å². The molecule has 5 nitrogen and oxygen atoms in total. The molecule has 0 saturated heterocycles. The molecule has 2 amide bonds. The van der Waals surface area contributed by atoms with Crippen LogP contribution in [0.2, 0.25) is 0 Å². The third-order valence-corrected chi connectivity index (χ3v) is 5.29. The fourth-order valence-corrected chi connectivity index (χ4v) is 3.93. The van der Waals surface area contributed by atoms with E-state index in [9.17, 15) is 14.4 Å². The lowest BCUT2D eigenvalue weighted by atomic mass is 10.0. The Morgan fingerprint density at radius 2 is 1.65 bits per heavy atom. The number of esters is 1. The van der Waals surface area contributed by atoms with Gasteiger partial charge in [-0.25, -0.2) is 9.10 Å². The molecular formula is C20H13NO4S. The maximum absolute atomic E-state index is 12.9. The highest BCUT2D eigenvalue weighted by molar-refractivity contribution is 7.98. The minimum atomic E-state index is -0.518. The van der Waals surface area contributed by atoms with E-state index in [1.54, 1.807) is 30.3 Å². The molecule has 0 N–H and O–H groups in total. The molecule has 1 heterocycles. The summed E-state index contributed by atoms with van der Waals surface area (Å²) in [6, 6.07) is 17.7. The number of fused-ring (bicyclic) bond motifs is 3. The molecule has 6 heteroatoms. The quantitative estimate of drug-likeness (QED) is 0.401. The summed E-state index contributed by atoms with van der Waals surface area (Å²) in [5.74, 6) is -1.29. The number of hydrogen-bond acceptors (Lipinski definition) is 5. The van der Waals surface area contributed by atoms with Crippen LogP contribution in [0.1, 0.15) is 31.1 Å². The topological polar surface area (TPSA) is 63.7 Å². The number of hydrogen-bond donors (Lipinski definition) is 0. The Labute approximate surface area is 153 Å². The van der Waals surface area contributed by atoms with Gasteiger partial charge in [0.25, 0.3) is 11.8 Å². The van der Waals surface area contributed by atoms with Crippen LogP contribution in [0.25, 0.3) is 10.8 Å². The second kappa shape index (κ2) is 6.31. The lowest BCUT2D eigenvalue weighted by Crippen LogP contribution is -2.22. The van der Waals surface area contributed by atoms with Crippen molar-refractivity contribution >= 4 is 40.5 Å². The molecule has 0 aliphatic carbocycles. The van der Waals surface area contributed by atoms with Gasteiger partial charge in [0.05, 0.1) is 23.8 Å². The fraction of sp³-hybridized carbons (Fsp3) is 0.0500. The molecule has 0 bridgehead atoms. The molecule has 0 fully saturated rings. The SMILES string of the molecule is COC(=O)c1ccccc1SN1C(=O)c2ccc3ccccc3c2C1=O. The fourth-order valence-electron chi connectivity index (χ4n) is 2.99. The van der Waals surface area contributed by atoms with Gasteiger partial charge in [0.1, 0.15) is 0 Å². The average molecular weight is 363 g/mol. The Hall–Kier alpha value is -3.12. The molecule has 1 aliphatic rings. The first-order chi connectivity index (χ1) is 12.6. The third kappa shape index (κ3) is 2.46. The molecule has 0 unspecified atom stereocenters. The number of imide groups is 1. The summed E-state index contributed by atoms with van der Waals surface area (Å²) in [7, 11) is 1.29. The van der Waals surface area contributed by atoms with Crippen LogP contribution in [-0.4, -0.2) is 29.2 Å². The molecule has 26 heavy (non-hydrogen) atoms. The van der Waals surface area contributed by atoms with E-state index in [-0.39, 0.29) is 11.8 Å². The zero-order valence-corrected chi connectivity index (χ0v) is 14.6. The Balaban J connectivity index is 1.76. The van der Waals surface area contributed by atoms with E-state index in [4.69, 9.17) is 4.74 Å². The highest BCUT2D eigenvalue weighted by Gasteiger charge is 2.38. The van der Waals surface area contributed by atoms with Crippen LogP contribution in [0.3, 0.4) is 0 Å². The second-order valence-corrected chi connectivity index (χ2v) is 6.68. The molecule has 1 aliphatic heterocycles. The summed E-state index contributed by atoms with van der Waals surface area (Å²) in [6.07, 6.45) is 0. The molecular weight excluding hydrogens is 350 g/mol. The molecule has 0 aromatic heterocycles. The summed E-state index contributed by atoms with van der Waals surface area (Å²) in [4.78, 5) is 38.1. The van der Waals surface area contributed by atoms with E-state index >= 15 is 0 Å². The van der Waals surface area contributed by atoms with Crippen molar-refractivity contribution < 1.29 is 19.1 Å². The molecule has 128 valence electrons. The zero-order chi connectivity index (χ0) is 18.3. The number of rotatable bonds is 3. The smallest absolute Gasteiger partial charge is 0.339 e. The Kier molecular flexibility index (Phi) is 3.97. The van der Waals surface area contributed by atoms with Gasteiger partial charge in [0.2, 0.25) is 0 Å². The van der Waals surface area contributed by atoms with Gasteiger partial charge in [0, 0.05) is 4.90 Å². The van der Waals surface area contributed by atoms with Crippen molar-refractivity contribution in [1.82, 2.24) is 4.31 Å². The standard InChI is InChI=1S/C20H13NO4S/c1-25-20(24)14-8-4-5-9-16(14)26-21-18(22)15-11-10-12-6-2-3-7-13(12)17(15)19(21)23/h2-11H,1H3. The second-order valence-electron chi connectivity index (χ2n) is 5.69. The van der Waals surface area contributed by atoms with Gasteiger partial charge in [0.15, 0.2) is 0 Å². The summed E-state index contributed by atoms with van der Waals surface area (Å²) in [5.41, 5.74) is 1.08. The van der Waals surface area contributed by atoms with Crippen LogP contribution in [0.5, 0.6) is 0 Å². The lowest BCUT2D eigenvalue weighted by molar-refractivity contribution is 0.0595. The molecule has 3 aromatic rings. The first kappa shape index (κ1) is 16.4. The maximum atomic E-state index is 12.9. The van der Waals surface area contributed by atoms with Crippen LogP contribution in [0.4, 0.5) is 0 Å². The van der Waals surface area contributed by atoms with E-state index in [0.717, 1.165) is 27.0 Å². The highest BCUT2D eigenvalue weighted by atomic mass is 32.2. The molecule has 0 saturated carbocycles. The molecule has 0 radical (unpaired) electrons. The third-order valence-electron chi connectivity index (χ3n) is 4.22. The predicted molar refractivity (Wildman–Crippen MR) is 98.1 cm³/mol. The van der Waals surface area contributed by atoms with Gasteiger partial charge >= 0.3 is 5.97 Å². The van der Waals surface area contributed by atoms with E-state index < -0.39 is 5.97 Å². The summed E-state index contributed by atoms with van der Waals surface area (Å²) >= 11 is 0.936. The Bertz CT molecular complexity index is 1080. The number of ether oxygens (including phenoxy) is 1. The van der Waals surface area contributed by atoms with E-state index in [1.807, 2.05) is 30.3 Å². The summed E-state index contributed by atoms with van der Waals surface area (Å²) < 4.78 is 5.87. The molecule has 0 spiro atoms. The minimum Gasteiger partial charge on any atom is -0.465 e. The first-order valence-electron chi connectivity index (χ1n) is 7.87. The van der Waals surface area contributed by atoms with Crippen LogP contribution in [0, 0.1) is 0 Å². The lowest BCUT2D eigenvalue weighted by Gasteiger charge is -2.14. The van der Waals surface area contributed by atoms with Crippen LogP contribution < -0.4 is 0 Å². The van der Waals surface area contributed by atoms with E-state index in [2.05, 4.69) is 0 Å². The van der Waals surface area contributed by atoms with Gasteiger partial charge < -0.3 is 4.74 Å². The summed E-state index contributed by atoms with van der Waals surface area (Å²) in [5, 5.41) is 1.64. The normalized spacial score (nSPS) is 13.2. The Morgan fingerprint density at radius 1 is 0.923 bits per heavy atom. The van der Waals surface area contributed by atoms with Crippen LogP contribution >= 0.6 is 11.9 Å². The van der Waals surface area contributed by atoms with Crippen molar-refractivity contribution in [2.24, 2.45) is 0 Å². The van der Waals surface area contributed by atoms with Crippen molar-refractivity contribution in [3.8, 4) is 0 Å². The number of carbonyl (C=O) groups excluding carboxylic acids is 3. The van der Waals surface area contributed by atoms with E-state index in [0.29, 0.717) is 21.6 Å². The predicted octanol–water partition coefficient (Wildman–Crippen LogP) is 3.93. The van der Waals surface area contributed by atoms with Crippen molar-refractivity contribution in [3.63, 3.8) is 0 Å². The van der Waals surface area contributed by atoms with Crippen LogP contribution in [0.15, 0.2) is 65.6 Å². The molecule has 4 rings (SSSR count). The van der Waals surface area contributed by atoms with Crippen molar-refractivity contribution in [2.75, 3.05) is 7.11 Å². The van der Waals surface area contributed by atoms with Crippen molar-refractivity contribution in [1.29, 1.82) is 0 Å². The monoisotopic (exact) mass is 363 g/mol. The number of nitrogens with zero attached hydrogens (tertiary/aromatic N) is 1. The largest absolute Gasteiger partial charge is 0.465 e. The number of carbonyl (C=O) groups is 3. The number of amides is 2. The highest BCUT2D eigenvalue weighted by Crippen LogP contribution is 2.37. The van der Waals surface area contributed by atoms with Gasteiger partial charge in [-0.2, -0.15) is 0 Å². The number of methoxy groups -OCH3 is 1. The minimum absolute atomic E-state index is 0.307.